The summed E-state index contributed by atoms with van der Waals surface area (Å²) < 4.78 is 26.6. The Morgan fingerprint density at radius 1 is 1.25 bits per heavy atom. The maximum absolute atomic E-state index is 13.2. The third-order valence-electron chi connectivity index (χ3n) is 3.29. The third kappa shape index (κ3) is 4.82. The highest BCUT2D eigenvalue weighted by Crippen LogP contribution is 2.15. The summed E-state index contributed by atoms with van der Waals surface area (Å²) in [6, 6.07) is 5.68. The van der Waals surface area contributed by atoms with E-state index in [-0.39, 0.29) is 18.4 Å². The Bertz CT molecular complexity index is 771. The first kappa shape index (κ1) is 18.0. The maximum atomic E-state index is 13.2. The molecule has 1 heterocycles. The van der Waals surface area contributed by atoms with Gasteiger partial charge in [-0.15, -0.1) is 0 Å². The first-order valence-corrected chi connectivity index (χ1v) is 7.78. The maximum Gasteiger partial charge on any atom is 0.240 e. The van der Waals surface area contributed by atoms with E-state index in [0.29, 0.717) is 10.2 Å². The van der Waals surface area contributed by atoms with Gasteiger partial charge in [-0.25, -0.2) is 13.8 Å². The molecular weight excluding hydrogens is 384 g/mol. The van der Waals surface area contributed by atoms with Crippen LogP contribution < -0.4 is 11.1 Å². The molecule has 8 heteroatoms. The second-order valence-electron chi connectivity index (χ2n) is 5.11. The molecule has 1 aromatic heterocycles. The van der Waals surface area contributed by atoms with Crippen LogP contribution in [0.15, 0.2) is 41.1 Å². The largest absolute Gasteiger partial charge is 0.368 e. The molecule has 1 aromatic carbocycles. The SMILES string of the molecule is NC(=O)[C@H](Cc1cccnc1Br)NC(=O)Cc1ccc(F)c(F)c1. The minimum atomic E-state index is -1.04. The molecule has 0 saturated heterocycles. The van der Waals surface area contributed by atoms with Gasteiger partial charge in [0.1, 0.15) is 10.6 Å². The van der Waals surface area contributed by atoms with Crippen LogP contribution in [-0.2, 0) is 22.4 Å². The molecule has 5 nitrogen and oxygen atoms in total. The summed E-state index contributed by atoms with van der Waals surface area (Å²) in [5.41, 5.74) is 6.31. The number of carbonyl (C=O) groups is 2. The highest BCUT2D eigenvalue weighted by atomic mass is 79.9. The van der Waals surface area contributed by atoms with Crippen molar-refractivity contribution in [2.45, 2.75) is 18.9 Å². The Labute approximate surface area is 145 Å². The molecule has 0 aliphatic heterocycles. The molecule has 0 fully saturated rings. The minimum absolute atomic E-state index is 0.160. The molecule has 3 N–H and O–H groups in total. The monoisotopic (exact) mass is 397 g/mol. The lowest BCUT2D eigenvalue weighted by atomic mass is 10.1. The molecule has 1 atom stereocenters. The van der Waals surface area contributed by atoms with E-state index in [1.165, 1.54) is 6.07 Å². The fraction of sp³-hybridized carbons (Fsp3) is 0.188. The van der Waals surface area contributed by atoms with Crippen molar-refractivity contribution in [3.63, 3.8) is 0 Å². The molecule has 126 valence electrons. The van der Waals surface area contributed by atoms with Crippen molar-refractivity contribution in [3.05, 3.63) is 63.9 Å². The second kappa shape index (κ2) is 7.96. The van der Waals surface area contributed by atoms with E-state index in [4.69, 9.17) is 5.73 Å². The van der Waals surface area contributed by atoms with Crippen LogP contribution in [0.25, 0.3) is 0 Å². The first-order chi connectivity index (χ1) is 11.4. The second-order valence-corrected chi connectivity index (χ2v) is 5.86. The van der Waals surface area contributed by atoms with Crippen LogP contribution in [0.4, 0.5) is 8.78 Å². The number of rotatable bonds is 6. The Kier molecular flexibility index (Phi) is 5.97. The van der Waals surface area contributed by atoms with E-state index < -0.39 is 29.5 Å². The Hall–Kier alpha value is -2.35. The van der Waals surface area contributed by atoms with Crippen LogP contribution in [0.3, 0.4) is 0 Å². The number of halogens is 3. The van der Waals surface area contributed by atoms with E-state index in [1.807, 2.05) is 0 Å². The lowest BCUT2D eigenvalue weighted by molar-refractivity contribution is -0.127. The summed E-state index contributed by atoms with van der Waals surface area (Å²) in [5, 5.41) is 2.50. The van der Waals surface area contributed by atoms with E-state index >= 15 is 0 Å². The number of carbonyl (C=O) groups excluding carboxylic acids is 2. The molecule has 2 rings (SSSR count). The lowest BCUT2D eigenvalue weighted by Crippen LogP contribution is -2.46. The van der Waals surface area contributed by atoms with Gasteiger partial charge in [0.25, 0.3) is 0 Å². The van der Waals surface area contributed by atoms with Crippen molar-refractivity contribution in [3.8, 4) is 0 Å². The average molecular weight is 398 g/mol. The summed E-state index contributed by atoms with van der Waals surface area (Å²) in [6.07, 6.45) is 1.54. The number of benzene rings is 1. The smallest absolute Gasteiger partial charge is 0.240 e. The number of aromatic nitrogens is 1. The van der Waals surface area contributed by atoms with Gasteiger partial charge in [-0.3, -0.25) is 9.59 Å². The van der Waals surface area contributed by atoms with Crippen molar-refractivity contribution >= 4 is 27.7 Å². The topological polar surface area (TPSA) is 85.1 Å². The summed E-state index contributed by atoms with van der Waals surface area (Å²) >= 11 is 3.26. The Morgan fingerprint density at radius 2 is 2.00 bits per heavy atom. The van der Waals surface area contributed by atoms with Crippen LogP contribution in [0.1, 0.15) is 11.1 Å². The predicted molar refractivity (Wildman–Crippen MR) is 86.8 cm³/mol. The molecule has 0 bridgehead atoms. The van der Waals surface area contributed by atoms with Crippen LogP contribution in [0.5, 0.6) is 0 Å². The van der Waals surface area contributed by atoms with Gasteiger partial charge in [-0.05, 0) is 45.3 Å². The predicted octanol–water partition coefficient (Wildman–Crippen LogP) is 1.88. The van der Waals surface area contributed by atoms with Gasteiger partial charge < -0.3 is 11.1 Å². The van der Waals surface area contributed by atoms with Gasteiger partial charge in [0, 0.05) is 12.6 Å². The molecule has 0 spiro atoms. The third-order valence-corrected chi connectivity index (χ3v) is 4.00. The van der Waals surface area contributed by atoms with Crippen molar-refractivity contribution in [2.24, 2.45) is 5.73 Å². The van der Waals surface area contributed by atoms with Gasteiger partial charge in [-0.2, -0.15) is 0 Å². The number of nitrogens with one attached hydrogen (secondary N) is 1. The molecular formula is C16H14BrF2N3O2. The van der Waals surface area contributed by atoms with Gasteiger partial charge in [0.2, 0.25) is 11.8 Å². The molecule has 24 heavy (non-hydrogen) atoms. The normalized spacial score (nSPS) is 11.8. The molecule has 0 aliphatic rings. The molecule has 0 unspecified atom stereocenters. The number of hydrogen-bond acceptors (Lipinski definition) is 3. The van der Waals surface area contributed by atoms with Gasteiger partial charge >= 0.3 is 0 Å². The standard InChI is InChI=1S/C16H14BrF2N3O2/c17-15-10(2-1-5-21-15)8-13(16(20)24)22-14(23)7-9-3-4-11(18)12(19)6-9/h1-6,13H,7-8H2,(H2,20,24)(H,22,23)/t13-/m0/s1. The Morgan fingerprint density at radius 3 is 2.62 bits per heavy atom. The van der Waals surface area contributed by atoms with Crippen LogP contribution in [-0.4, -0.2) is 22.8 Å². The first-order valence-electron chi connectivity index (χ1n) is 6.99. The number of nitrogens with two attached hydrogens (primary N) is 1. The minimum Gasteiger partial charge on any atom is -0.368 e. The van der Waals surface area contributed by atoms with Crippen LogP contribution in [0, 0.1) is 11.6 Å². The number of pyridine rings is 1. The number of hydrogen-bond donors (Lipinski definition) is 2. The van der Waals surface area contributed by atoms with Crippen molar-refractivity contribution in [2.75, 3.05) is 0 Å². The van der Waals surface area contributed by atoms with Gasteiger partial charge in [-0.1, -0.05) is 12.1 Å². The number of amides is 2. The molecule has 0 saturated carbocycles. The van der Waals surface area contributed by atoms with E-state index in [9.17, 15) is 18.4 Å². The molecule has 0 radical (unpaired) electrons. The summed E-state index contributed by atoms with van der Waals surface area (Å²) in [5.74, 6) is -3.25. The summed E-state index contributed by atoms with van der Waals surface area (Å²) in [7, 11) is 0. The van der Waals surface area contributed by atoms with Crippen molar-refractivity contribution in [1.82, 2.24) is 10.3 Å². The fourth-order valence-corrected chi connectivity index (χ4v) is 2.51. The molecule has 2 amide bonds. The average Bonchev–Trinajstić information content (AvgIpc) is 2.52. The summed E-state index contributed by atoms with van der Waals surface area (Å²) in [4.78, 5) is 27.6. The molecule has 2 aromatic rings. The van der Waals surface area contributed by atoms with Crippen LogP contribution >= 0.6 is 15.9 Å². The number of primary amides is 1. The zero-order valence-corrected chi connectivity index (χ0v) is 14.0. The van der Waals surface area contributed by atoms with E-state index in [0.717, 1.165) is 12.1 Å². The zero-order chi connectivity index (χ0) is 17.7. The highest BCUT2D eigenvalue weighted by Gasteiger charge is 2.20. The van der Waals surface area contributed by atoms with Crippen molar-refractivity contribution in [1.29, 1.82) is 0 Å². The van der Waals surface area contributed by atoms with Gasteiger partial charge in [0.15, 0.2) is 11.6 Å². The van der Waals surface area contributed by atoms with Gasteiger partial charge in [0.05, 0.1) is 6.42 Å². The Balaban J connectivity index is 2.04. The summed E-state index contributed by atoms with van der Waals surface area (Å²) in [6.45, 7) is 0. The highest BCUT2D eigenvalue weighted by molar-refractivity contribution is 9.10. The fourth-order valence-electron chi connectivity index (χ4n) is 2.09. The quantitative estimate of drug-likeness (QED) is 0.729. The lowest BCUT2D eigenvalue weighted by Gasteiger charge is -2.16. The van der Waals surface area contributed by atoms with E-state index in [2.05, 4.69) is 26.2 Å². The zero-order valence-electron chi connectivity index (χ0n) is 12.4. The number of nitrogens with zero attached hydrogens (tertiary/aromatic N) is 1. The van der Waals surface area contributed by atoms with Crippen LogP contribution in [0.2, 0.25) is 0 Å². The van der Waals surface area contributed by atoms with Crippen molar-refractivity contribution < 1.29 is 18.4 Å². The van der Waals surface area contributed by atoms with E-state index in [1.54, 1.807) is 18.3 Å². The molecule has 0 aliphatic carbocycles.